The molecule has 1 atom stereocenters. The molecule has 0 saturated carbocycles. The maximum Gasteiger partial charge on any atom is 0.433 e. The summed E-state index contributed by atoms with van der Waals surface area (Å²) in [6, 6.07) is 6.21. The molecular formula is C17H17F3N4O3S. The lowest BCUT2D eigenvalue weighted by Crippen LogP contribution is -2.42. The Morgan fingerprint density at radius 3 is 2.57 bits per heavy atom. The fraction of sp³-hybridized carbons (Fsp3) is 0.353. The van der Waals surface area contributed by atoms with Crippen LogP contribution < -0.4 is 9.62 Å². The summed E-state index contributed by atoms with van der Waals surface area (Å²) in [5.74, 6) is -1.73. The lowest BCUT2D eigenvalue weighted by atomic mass is 10.2. The van der Waals surface area contributed by atoms with E-state index in [9.17, 15) is 26.4 Å². The van der Waals surface area contributed by atoms with Gasteiger partial charge < -0.3 is 5.32 Å². The van der Waals surface area contributed by atoms with Crippen LogP contribution in [-0.2, 0) is 21.0 Å². The normalized spacial score (nSPS) is 18.9. The third-order valence-electron chi connectivity index (χ3n) is 4.16. The first-order chi connectivity index (χ1) is 13.0. The first kappa shape index (κ1) is 20.1. The second kappa shape index (κ2) is 7.04. The summed E-state index contributed by atoms with van der Waals surface area (Å²) >= 11 is 0. The molecule has 28 heavy (non-hydrogen) atoms. The highest BCUT2D eigenvalue weighted by Crippen LogP contribution is 2.33. The summed E-state index contributed by atoms with van der Waals surface area (Å²) in [7, 11) is -4.00. The number of halogens is 3. The van der Waals surface area contributed by atoms with Gasteiger partial charge in [0.15, 0.2) is 0 Å². The van der Waals surface area contributed by atoms with E-state index >= 15 is 0 Å². The highest BCUT2D eigenvalue weighted by Gasteiger charge is 2.44. The molecule has 11 heteroatoms. The molecule has 0 bridgehead atoms. The zero-order valence-corrected chi connectivity index (χ0v) is 15.8. The van der Waals surface area contributed by atoms with Crippen molar-refractivity contribution in [2.75, 3.05) is 15.4 Å². The summed E-state index contributed by atoms with van der Waals surface area (Å²) in [5, 5.41) is 2.61. The molecule has 7 nitrogen and oxygen atoms in total. The minimum absolute atomic E-state index is 0.0651. The van der Waals surface area contributed by atoms with Crippen molar-refractivity contribution in [2.24, 2.45) is 0 Å². The number of aromatic nitrogens is 2. The average Bonchev–Trinajstić information content (AvgIpc) is 2.89. The summed E-state index contributed by atoms with van der Waals surface area (Å²) < 4.78 is 64.8. The Morgan fingerprint density at radius 2 is 1.93 bits per heavy atom. The first-order valence-electron chi connectivity index (χ1n) is 8.30. The highest BCUT2D eigenvalue weighted by molar-refractivity contribution is 7.93. The minimum Gasteiger partial charge on any atom is -0.324 e. The largest absolute Gasteiger partial charge is 0.433 e. The summed E-state index contributed by atoms with van der Waals surface area (Å²) in [5.41, 5.74) is 0.0778. The number of alkyl halides is 3. The van der Waals surface area contributed by atoms with Gasteiger partial charge in [0.05, 0.1) is 5.75 Å². The predicted octanol–water partition coefficient (Wildman–Crippen LogP) is 2.66. The van der Waals surface area contributed by atoms with Crippen molar-refractivity contribution in [1.29, 1.82) is 0 Å². The van der Waals surface area contributed by atoms with Crippen LogP contribution in [0.15, 0.2) is 30.3 Å². The molecule has 3 rings (SSSR count). The van der Waals surface area contributed by atoms with Crippen LogP contribution in [-0.4, -0.2) is 36.1 Å². The van der Waals surface area contributed by atoms with Crippen LogP contribution in [0.4, 0.5) is 24.7 Å². The molecule has 1 aromatic carbocycles. The van der Waals surface area contributed by atoms with E-state index in [2.05, 4.69) is 15.3 Å². The third-order valence-corrected chi connectivity index (χ3v) is 5.95. The molecule has 0 unspecified atom stereocenters. The number of hydrogen-bond donors (Lipinski definition) is 1. The summed E-state index contributed by atoms with van der Waals surface area (Å²) in [4.78, 5) is 19.8. The van der Waals surface area contributed by atoms with E-state index in [1.54, 1.807) is 18.2 Å². The summed E-state index contributed by atoms with van der Waals surface area (Å²) in [6.07, 6.45) is -4.84. The van der Waals surface area contributed by atoms with Gasteiger partial charge in [-0.3, -0.25) is 4.79 Å². The van der Waals surface area contributed by atoms with Gasteiger partial charge in [-0.1, -0.05) is 12.1 Å². The number of benzene rings is 1. The van der Waals surface area contributed by atoms with Crippen molar-refractivity contribution in [3.63, 3.8) is 0 Å². The molecule has 0 aliphatic carbocycles. The van der Waals surface area contributed by atoms with E-state index < -0.39 is 39.7 Å². The standard InChI is InChI=1S/C17H17F3N4O3S/c1-10-4-3-5-12(8-10)23-16(25)13-6-7-28(26,27)24(13)15-9-14(17(18,19)20)21-11(2)22-15/h3-5,8-9,13H,6-7H2,1-2H3,(H,23,25)/t13-/m0/s1. The highest BCUT2D eigenvalue weighted by atomic mass is 32.2. The number of hydrogen-bond acceptors (Lipinski definition) is 5. The van der Waals surface area contributed by atoms with Gasteiger partial charge in [-0.25, -0.2) is 22.7 Å². The number of carbonyl (C=O) groups is 1. The van der Waals surface area contributed by atoms with E-state index in [-0.39, 0.29) is 18.0 Å². The molecule has 1 saturated heterocycles. The molecule has 2 heterocycles. The number of nitrogens with one attached hydrogen (secondary N) is 1. The van der Waals surface area contributed by atoms with Crippen LogP contribution in [0.25, 0.3) is 0 Å². The molecule has 1 aliphatic heterocycles. The smallest absolute Gasteiger partial charge is 0.324 e. The van der Waals surface area contributed by atoms with E-state index in [1.807, 2.05) is 13.0 Å². The maximum absolute atomic E-state index is 13.1. The van der Waals surface area contributed by atoms with E-state index in [4.69, 9.17) is 0 Å². The quantitative estimate of drug-likeness (QED) is 0.834. The summed E-state index contributed by atoms with van der Waals surface area (Å²) in [6.45, 7) is 3.05. The fourth-order valence-corrected chi connectivity index (χ4v) is 4.65. The van der Waals surface area contributed by atoms with E-state index in [0.29, 0.717) is 16.1 Å². The molecular weight excluding hydrogens is 397 g/mol. The van der Waals surface area contributed by atoms with Crippen molar-refractivity contribution in [3.8, 4) is 0 Å². The van der Waals surface area contributed by atoms with E-state index in [0.717, 1.165) is 5.56 Å². The molecule has 0 radical (unpaired) electrons. The molecule has 1 amide bonds. The first-order valence-corrected chi connectivity index (χ1v) is 9.91. The number of aryl methyl sites for hydroxylation is 2. The van der Waals surface area contributed by atoms with Crippen LogP contribution in [0.1, 0.15) is 23.5 Å². The Bertz CT molecular complexity index is 1020. The van der Waals surface area contributed by atoms with Crippen LogP contribution in [0, 0.1) is 13.8 Å². The molecule has 1 N–H and O–H groups in total. The molecule has 1 aromatic heterocycles. The molecule has 1 aliphatic rings. The maximum atomic E-state index is 13.1. The van der Waals surface area contributed by atoms with Crippen molar-refractivity contribution in [3.05, 3.63) is 47.4 Å². The van der Waals surface area contributed by atoms with Gasteiger partial charge in [-0.2, -0.15) is 13.2 Å². The lowest BCUT2D eigenvalue weighted by molar-refractivity contribution is -0.141. The Labute approximate surface area is 159 Å². The van der Waals surface area contributed by atoms with Gasteiger partial charge in [0.1, 0.15) is 23.4 Å². The third kappa shape index (κ3) is 4.08. The van der Waals surface area contributed by atoms with Crippen LogP contribution in [0.3, 0.4) is 0 Å². The second-order valence-corrected chi connectivity index (χ2v) is 8.40. The Hall–Kier alpha value is -2.69. The van der Waals surface area contributed by atoms with Gasteiger partial charge in [-0.15, -0.1) is 0 Å². The number of amides is 1. The van der Waals surface area contributed by atoms with Crippen molar-refractivity contribution in [2.45, 2.75) is 32.5 Å². The number of nitrogens with zero attached hydrogens (tertiary/aromatic N) is 3. The monoisotopic (exact) mass is 414 g/mol. The number of sulfonamides is 1. The Kier molecular flexibility index (Phi) is 5.04. The molecule has 0 spiro atoms. The zero-order chi connectivity index (χ0) is 20.7. The van der Waals surface area contributed by atoms with Crippen molar-refractivity contribution >= 4 is 27.4 Å². The Morgan fingerprint density at radius 1 is 1.21 bits per heavy atom. The van der Waals surface area contributed by atoms with Gasteiger partial charge in [0.25, 0.3) is 0 Å². The average molecular weight is 414 g/mol. The van der Waals surface area contributed by atoms with Crippen LogP contribution in [0.5, 0.6) is 0 Å². The Balaban J connectivity index is 1.98. The second-order valence-electron chi connectivity index (χ2n) is 6.43. The van der Waals surface area contributed by atoms with Gasteiger partial charge in [0.2, 0.25) is 15.9 Å². The molecule has 150 valence electrons. The fourth-order valence-electron chi connectivity index (χ4n) is 2.97. The van der Waals surface area contributed by atoms with Crippen molar-refractivity contribution in [1.82, 2.24) is 9.97 Å². The van der Waals surface area contributed by atoms with Crippen LogP contribution >= 0.6 is 0 Å². The SMILES string of the molecule is Cc1cccc(NC(=O)[C@@H]2CCS(=O)(=O)N2c2cc(C(F)(F)F)nc(C)n2)c1. The predicted molar refractivity (Wildman–Crippen MR) is 96.3 cm³/mol. The van der Waals surface area contributed by atoms with Crippen LogP contribution in [0.2, 0.25) is 0 Å². The topological polar surface area (TPSA) is 92.3 Å². The molecule has 1 fully saturated rings. The number of anilines is 2. The van der Waals surface area contributed by atoms with Gasteiger partial charge in [0, 0.05) is 11.8 Å². The van der Waals surface area contributed by atoms with Gasteiger partial charge in [-0.05, 0) is 38.0 Å². The van der Waals surface area contributed by atoms with Crippen molar-refractivity contribution < 1.29 is 26.4 Å². The number of rotatable bonds is 3. The molecule has 2 aromatic rings. The minimum atomic E-state index is -4.77. The zero-order valence-electron chi connectivity index (χ0n) is 15.0. The van der Waals surface area contributed by atoms with E-state index in [1.165, 1.54) is 6.92 Å². The lowest BCUT2D eigenvalue weighted by Gasteiger charge is -2.24. The number of carbonyl (C=O) groups excluding carboxylic acids is 1. The van der Waals surface area contributed by atoms with Gasteiger partial charge >= 0.3 is 6.18 Å².